The van der Waals surface area contributed by atoms with E-state index in [0.29, 0.717) is 34.3 Å². The highest BCUT2D eigenvalue weighted by molar-refractivity contribution is 7.98. The van der Waals surface area contributed by atoms with Crippen molar-refractivity contribution in [3.63, 3.8) is 0 Å². The number of nitrogens with zero attached hydrogens (tertiary/aromatic N) is 2. The van der Waals surface area contributed by atoms with E-state index in [9.17, 15) is 9.18 Å². The van der Waals surface area contributed by atoms with E-state index >= 15 is 0 Å². The van der Waals surface area contributed by atoms with Crippen molar-refractivity contribution < 1.29 is 4.39 Å². The molecule has 0 aliphatic rings. The molecule has 0 aliphatic carbocycles. The van der Waals surface area contributed by atoms with Gasteiger partial charge >= 0.3 is 0 Å². The van der Waals surface area contributed by atoms with Gasteiger partial charge in [-0.15, -0.1) is 0 Å². The van der Waals surface area contributed by atoms with Crippen LogP contribution in [0.1, 0.15) is 25.8 Å². The molecule has 0 bridgehead atoms. The standard InChI is InChI=1S/C20H21FN2OS/c1-14(2)10-11-23-19(24)17-8-3-4-9-18(17)22-20(23)25-13-15-6-5-7-16(21)12-15/h3-9,12,14H,10-11,13H2,1-2H3. The highest BCUT2D eigenvalue weighted by atomic mass is 32.2. The molecule has 0 N–H and O–H groups in total. The van der Waals surface area contributed by atoms with Crippen LogP contribution < -0.4 is 5.56 Å². The molecular formula is C20H21FN2OS. The lowest BCUT2D eigenvalue weighted by molar-refractivity contribution is 0.481. The van der Waals surface area contributed by atoms with E-state index in [1.54, 1.807) is 10.6 Å². The van der Waals surface area contributed by atoms with Crippen LogP contribution in [0.15, 0.2) is 58.5 Å². The maximum absolute atomic E-state index is 13.4. The zero-order valence-electron chi connectivity index (χ0n) is 14.4. The van der Waals surface area contributed by atoms with Crippen LogP contribution in [0.25, 0.3) is 10.9 Å². The maximum atomic E-state index is 13.4. The Labute approximate surface area is 150 Å². The third-order valence-electron chi connectivity index (χ3n) is 4.01. The Morgan fingerprint density at radius 1 is 1.16 bits per heavy atom. The minimum absolute atomic E-state index is 0.00649. The summed E-state index contributed by atoms with van der Waals surface area (Å²) in [6.07, 6.45) is 0.910. The molecule has 1 heterocycles. The zero-order valence-corrected chi connectivity index (χ0v) is 15.2. The zero-order chi connectivity index (χ0) is 17.8. The number of hydrogen-bond donors (Lipinski definition) is 0. The van der Waals surface area contributed by atoms with Crippen molar-refractivity contribution >= 4 is 22.7 Å². The Balaban J connectivity index is 1.96. The van der Waals surface area contributed by atoms with Gasteiger partial charge in [-0.2, -0.15) is 0 Å². The quantitative estimate of drug-likeness (QED) is 0.467. The Kier molecular flexibility index (Phi) is 5.53. The summed E-state index contributed by atoms with van der Waals surface area (Å²) < 4.78 is 15.1. The lowest BCUT2D eigenvalue weighted by Gasteiger charge is -2.14. The highest BCUT2D eigenvalue weighted by Crippen LogP contribution is 2.23. The number of thioether (sulfide) groups is 1. The van der Waals surface area contributed by atoms with Crippen LogP contribution in [0, 0.1) is 11.7 Å². The van der Waals surface area contributed by atoms with Crippen molar-refractivity contribution in [2.24, 2.45) is 5.92 Å². The average Bonchev–Trinajstić information content (AvgIpc) is 2.59. The van der Waals surface area contributed by atoms with Gasteiger partial charge in [0.05, 0.1) is 10.9 Å². The largest absolute Gasteiger partial charge is 0.287 e. The van der Waals surface area contributed by atoms with Crippen LogP contribution in [0.3, 0.4) is 0 Å². The van der Waals surface area contributed by atoms with Crippen LogP contribution in [0.4, 0.5) is 4.39 Å². The van der Waals surface area contributed by atoms with Crippen molar-refractivity contribution in [3.8, 4) is 0 Å². The molecule has 0 aliphatic heterocycles. The molecule has 0 fully saturated rings. The summed E-state index contributed by atoms with van der Waals surface area (Å²) in [5, 5.41) is 1.33. The van der Waals surface area contributed by atoms with Gasteiger partial charge in [-0.1, -0.05) is 49.9 Å². The van der Waals surface area contributed by atoms with Crippen molar-refractivity contribution in [1.82, 2.24) is 9.55 Å². The molecule has 0 atom stereocenters. The SMILES string of the molecule is CC(C)CCn1c(SCc2cccc(F)c2)nc2ccccc2c1=O. The molecule has 0 unspecified atom stereocenters. The monoisotopic (exact) mass is 356 g/mol. The number of benzene rings is 2. The van der Waals surface area contributed by atoms with Gasteiger partial charge in [0, 0.05) is 12.3 Å². The molecule has 0 saturated carbocycles. The second-order valence-electron chi connectivity index (χ2n) is 6.47. The first-order valence-electron chi connectivity index (χ1n) is 8.41. The Bertz CT molecular complexity index is 936. The van der Waals surface area contributed by atoms with E-state index in [-0.39, 0.29) is 11.4 Å². The normalized spacial score (nSPS) is 11.4. The van der Waals surface area contributed by atoms with E-state index in [4.69, 9.17) is 0 Å². The van der Waals surface area contributed by atoms with E-state index in [1.165, 1.54) is 23.9 Å². The van der Waals surface area contributed by atoms with Gasteiger partial charge in [-0.05, 0) is 42.2 Å². The number of rotatable bonds is 6. The minimum Gasteiger partial charge on any atom is -0.287 e. The molecular weight excluding hydrogens is 335 g/mol. The molecule has 25 heavy (non-hydrogen) atoms. The number of aromatic nitrogens is 2. The van der Waals surface area contributed by atoms with Crippen molar-refractivity contribution in [3.05, 3.63) is 70.3 Å². The first-order chi connectivity index (χ1) is 12.0. The molecule has 3 aromatic rings. The second kappa shape index (κ2) is 7.83. The molecule has 3 rings (SSSR count). The summed E-state index contributed by atoms with van der Waals surface area (Å²) in [6, 6.07) is 13.9. The summed E-state index contributed by atoms with van der Waals surface area (Å²) >= 11 is 1.47. The molecule has 0 spiro atoms. The minimum atomic E-state index is -0.248. The Morgan fingerprint density at radius 3 is 2.72 bits per heavy atom. The Morgan fingerprint density at radius 2 is 1.96 bits per heavy atom. The number of fused-ring (bicyclic) bond motifs is 1. The Hall–Kier alpha value is -2.14. The third kappa shape index (κ3) is 4.28. The lowest BCUT2D eigenvalue weighted by atomic mass is 10.1. The average molecular weight is 356 g/mol. The van der Waals surface area contributed by atoms with Crippen molar-refractivity contribution in [2.45, 2.75) is 37.7 Å². The lowest BCUT2D eigenvalue weighted by Crippen LogP contribution is -2.24. The summed E-state index contributed by atoms with van der Waals surface area (Å²) in [4.78, 5) is 17.6. The van der Waals surface area contributed by atoms with Gasteiger partial charge in [0.2, 0.25) is 0 Å². The van der Waals surface area contributed by atoms with Gasteiger partial charge in [0.25, 0.3) is 5.56 Å². The van der Waals surface area contributed by atoms with Crippen LogP contribution in [0.2, 0.25) is 0 Å². The maximum Gasteiger partial charge on any atom is 0.262 e. The fraction of sp³-hybridized carbons (Fsp3) is 0.300. The molecule has 2 aromatic carbocycles. The van der Waals surface area contributed by atoms with E-state index in [2.05, 4.69) is 18.8 Å². The highest BCUT2D eigenvalue weighted by Gasteiger charge is 2.12. The van der Waals surface area contributed by atoms with Gasteiger partial charge in [0.15, 0.2) is 5.16 Å². The van der Waals surface area contributed by atoms with Crippen LogP contribution in [0.5, 0.6) is 0 Å². The first kappa shape index (κ1) is 17.7. The molecule has 3 nitrogen and oxygen atoms in total. The summed E-state index contributed by atoms with van der Waals surface area (Å²) in [6.45, 7) is 4.91. The number of para-hydroxylation sites is 1. The molecule has 5 heteroatoms. The summed E-state index contributed by atoms with van der Waals surface area (Å²) in [5.74, 6) is 0.825. The fourth-order valence-electron chi connectivity index (χ4n) is 2.62. The molecule has 0 saturated heterocycles. The van der Waals surface area contributed by atoms with E-state index in [0.717, 1.165) is 12.0 Å². The van der Waals surface area contributed by atoms with E-state index in [1.807, 2.05) is 30.3 Å². The second-order valence-corrected chi connectivity index (χ2v) is 7.41. The molecule has 0 radical (unpaired) electrons. The summed E-state index contributed by atoms with van der Waals surface area (Å²) in [5.41, 5.74) is 1.57. The van der Waals surface area contributed by atoms with Gasteiger partial charge in [-0.25, -0.2) is 9.37 Å². The van der Waals surface area contributed by atoms with Crippen LogP contribution >= 0.6 is 11.8 Å². The molecule has 130 valence electrons. The van der Waals surface area contributed by atoms with Crippen LogP contribution in [-0.2, 0) is 12.3 Å². The number of halogens is 1. The predicted octanol–water partition coefficient (Wildman–Crippen LogP) is 4.87. The third-order valence-corrected chi connectivity index (χ3v) is 5.06. The topological polar surface area (TPSA) is 34.9 Å². The predicted molar refractivity (Wildman–Crippen MR) is 101 cm³/mol. The molecule has 0 amide bonds. The van der Waals surface area contributed by atoms with Crippen molar-refractivity contribution in [2.75, 3.05) is 0 Å². The van der Waals surface area contributed by atoms with Crippen LogP contribution in [-0.4, -0.2) is 9.55 Å². The first-order valence-corrected chi connectivity index (χ1v) is 9.40. The van der Waals surface area contributed by atoms with E-state index < -0.39 is 0 Å². The van der Waals surface area contributed by atoms with Crippen molar-refractivity contribution in [1.29, 1.82) is 0 Å². The summed E-state index contributed by atoms with van der Waals surface area (Å²) in [7, 11) is 0. The molecule has 1 aromatic heterocycles. The number of hydrogen-bond acceptors (Lipinski definition) is 3. The van der Waals surface area contributed by atoms with Gasteiger partial charge in [0.1, 0.15) is 5.82 Å². The van der Waals surface area contributed by atoms with Gasteiger partial charge in [-0.3, -0.25) is 9.36 Å². The van der Waals surface area contributed by atoms with Gasteiger partial charge < -0.3 is 0 Å². The smallest absolute Gasteiger partial charge is 0.262 e. The fourth-order valence-corrected chi connectivity index (χ4v) is 3.59.